The maximum atomic E-state index is 6.09. The first-order chi connectivity index (χ1) is 9.67. The fraction of sp³-hybridized carbons (Fsp3) is 0.0667. The van der Waals surface area contributed by atoms with Crippen molar-refractivity contribution in [2.24, 2.45) is 5.84 Å². The van der Waals surface area contributed by atoms with Gasteiger partial charge in [-0.1, -0.05) is 45.7 Å². The van der Waals surface area contributed by atoms with Gasteiger partial charge in [-0.2, -0.15) is 0 Å². The van der Waals surface area contributed by atoms with Crippen LogP contribution in [0.3, 0.4) is 0 Å². The number of hydrogen-bond acceptors (Lipinski definition) is 3. The van der Waals surface area contributed by atoms with Gasteiger partial charge in [0.1, 0.15) is 17.4 Å². The number of para-hydroxylation sites is 1. The lowest BCUT2D eigenvalue weighted by atomic mass is 10.1. The lowest BCUT2D eigenvalue weighted by Gasteiger charge is -2.14. The van der Waals surface area contributed by atoms with Crippen molar-refractivity contribution in [1.29, 1.82) is 0 Å². The smallest absolute Gasteiger partial charge is 0.134 e. The van der Waals surface area contributed by atoms with Crippen molar-refractivity contribution in [3.8, 4) is 0 Å². The van der Waals surface area contributed by atoms with Crippen molar-refractivity contribution in [1.82, 2.24) is 5.43 Å². The summed E-state index contributed by atoms with van der Waals surface area (Å²) in [5, 5.41) is 1.69. The lowest BCUT2D eigenvalue weighted by Crippen LogP contribution is -2.28. The predicted molar refractivity (Wildman–Crippen MR) is 84.5 cm³/mol. The van der Waals surface area contributed by atoms with E-state index in [1.54, 1.807) is 0 Å². The largest absolute Gasteiger partial charge is 0.459 e. The van der Waals surface area contributed by atoms with E-state index in [1.807, 2.05) is 48.5 Å². The minimum atomic E-state index is -0.252. The Morgan fingerprint density at radius 1 is 1.15 bits per heavy atom. The molecule has 0 amide bonds. The molecule has 3 aromatic rings. The number of benzene rings is 2. The van der Waals surface area contributed by atoms with Gasteiger partial charge in [0.25, 0.3) is 0 Å². The second-order valence-corrected chi connectivity index (χ2v) is 5.84. The molecule has 1 unspecified atom stereocenters. The van der Waals surface area contributed by atoms with E-state index in [4.69, 9.17) is 21.9 Å². The SMILES string of the molecule is NNC(c1cc(Cl)cc(Br)c1)c1cc2ccccc2o1. The Morgan fingerprint density at radius 3 is 2.65 bits per heavy atom. The normalized spacial score (nSPS) is 12.8. The van der Waals surface area contributed by atoms with E-state index in [2.05, 4.69) is 21.4 Å². The zero-order valence-electron chi connectivity index (χ0n) is 10.4. The van der Waals surface area contributed by atoms with Gasteiger partial charge in [-0.15, -0.1) is 0 Å². The van der Waals surface area contributed by atoms with Crippen molar-refractivity contribution in [3.63, 3.8) is 0 Å². The molecule has 0 aliphatic heterocycles. The van der Waals surface area contributed by atoms with Crippen LogP contribution in [0, 0.1) is 0 Å². The van der Waals surface area contributed by atoms with E-state index in [0.29, 0.717) is 5.02 Å². The zero-order chi connectivity index (χ0) is 14.1. The summed E-state index contributed by atoms with van der Waals surface area (Å²) < 4.78 is 6.75. The number of hydrogen-bond donors (Lipinski definition) is 2. The molecule has 0 radical (unpaired) electrons. The van der Waals surface area contributed by atoms with E-state index >= 15 is 0 Å². The zero-order valence-corrected chi connectivity index (χ0v) is 12.8. The van der Waals surface area contributed by atoms with Crippen LogP contribution in [0.2, 0.25) is 5.02 Å². The fourth-order valence-electron chi connectivity index (χ4n) is 2.23. The molecule has 102 valence electrons. The van der Waals surface area contributed by atoms with Gasteiger partial charge in [-0.25, -0.2) is 5.43 Å². The van der Waals surface area contributed by atoms with E-state index in [9.17, 15) is 0 Å². The first-order valence-electron chi connectivity index (χ1n) is 6.08. The lowest BCUT2D eigenvalue weighted by molar-refractivity contribution is 0.477. The molecule has 3 rings (SSSR count). The Balaban J connectivity index is 2.08. The molecular weight excluding hydrogens is 340 g/mol. The quantitative estimate of drug-likeness (QED) is 0.543. The van der Waals surface area contributed by atoms with Crippen molar-refractivity contribution in [3.05, 3.63) is 69.3 Å². The Bertz CT molecular complexity index is 703. The van der Waals surface area contributed by atoms with Crippen LogP contribution in [0.5, 0.6) is 0 Å². The molecule has 2 aromatic carbocycles. The van der Waals surface area contributed by atoms with Crippen molar-refractivity contribution in [2.45, 2.75) is 6.04 Å². The maximum absolute atomic E-state index is 6.09. The molecule has 3 N–H and O–H groups in total. The number of fused-ring (bicyclic) bond motifs is 1. The minimum absolute atomic E-state index is 0.252. The Kier molecular flexibility index (Phi) is 3.81. The van der Waals surface area contributed by atoms with Crippen LogP contribution in [0.4, 0.5) is 0 Å². The second kappa shape index (κ2) is 5.58. The molecule has 0 saturated carbocycles. The number of nitrogens with one attached hydrogen (secondary N) is 1. The van der Waals surface area contributed by atoms with Gasteiger partial charge in [0, 0.05) is 14.9 Å². The molecule has 20 heavy (non-hydrogen) atoms. The van der Waals surface area contributed by atoms with E-state index in [1.165, 1.54) is 0 Å². The first-order valence-corrected chi connectivity index (χ1v) is 7.25. The maximum Gasteiger partial charge on any atom is 0.134 e. The molecule has 0 saturated heterocycles. The molecule has 1 atom stereocenters. The molecule has 1 heterocycles. The van der Waals surface area contributed by atoms with Crippen LogP contribution in [-0.4, -0.2) is 0 Å². The Morgan fingerprint density at radius 2 is 1.95 bits per heavy atom. The third-order valence-corrected chi connectivity index (χ3v) is 3.79. The van der Waals surface area contributed by atoms with Gasteiger partial charge in [-0.3, -0.25) is 5.84 Å². The number of hydrazine groups is 1. The predicted octanol–water partition coefficient (Wildman–Crippen LogP) is 4.40. The summed E-state index contributed by atoms with van der Waals surface area (Å²) in [7, 11) is 0. The summed E-state index contributed by atoms with van der Waals surface area (Å²) in [5.74, 6) is 6.44. The highest BCUT2D eigenvalue weighted by Gasteiger charge is 2.18. The molecule has 0 bridgehead atoms. The summed E-state index contributed by atoms with van der Waals surface area (Å²) in [6.45, 7) is 0. The molecule has 3 nitrogen and oxygen atoms in total. The summed E-state index contributed by atoms with van der Waals surface area (Å²) in [6.07, 6.45) is 0. The number of furan rings is 1. The van der Waals surface area contributed by atoms with E-state index in [-0.39, 0.29) is 6.04 Å². The average Bonchev–Trinajstić information content (AvgIpc) is 2.81. The third kappa shape index (κ3) is 2.60. The summed E-state index contributed by atoms with van der Waals surface area (Å²) >= 11 is 9.52. The van der Waals surface area contributed by atoms with Gasteiger partial charge in [0.2, 0.25) is 0 Å². The van der Waals surface area contributed by atoms with Crippen LogP contribution in [0.1, 0.15) is 17.4 Å². The number of halogens is 2. The van der Waals surface area contributed by atoms with Gasteiger partial charge < -0.3 is 4.42 Å². The van der Waals surface area contributed by atoms with Crippen LogP contribution in [-0.2, 0) is 0 Å². The Hall–Kier alpha value is -1.33. The molecule has 0 aliphatic rings. The molecule has 0 aliphatic carbocycles. The summed E-state index contributed by atoms with van der Waals surface area (Å²) in [4.78, 5) is 0. The number of nitrogens with two attached hydrogens (primary N) is 1. The minimum Gasteiger partial charge on any atom is -0.459 e. The van der Waals surface area contributed by atoms with Crippen molar-refractivity contribution < 1.29 is 4.42 Å². The van der Waals surface area contributed by atoms with Gasteiger partial charge in [-0.05, 0) is 35.9 Å². The van der Waals surface area contributed by atoms with Gasteiger partial charge in [0.05, 0.1) is 0 Å². The summed E-state index contributed by atoms with van der Waals surface area (Å²) in [5.41, 5.74) is 4.55. The monoisotopic (exact) mass is 350 g/mol. The highest BCUT2D eigenvalue weighted by molar-refractivity contribution is 9.10. The van der Waals surface area contributed by atoms with Crippen LogP contribution in [0.25, 0.3) is 11.0 Å². The van der Waals surface area contributed by atoms with Gasteiger partial charge in [0.15, 0.2) is 0 Å². The highest BCUT2D eigenvalue weighted by Crippen LogP contribution is 2.30. The molecule has 1 aromatic heterocycles. The van der Waals surface area contributed by atoms with Crippen molar-refractivity contribution in [2.75, 3.05) is 0 Å². The number of rotatable bonds is 3. The van der Waals surface area contributed by atoms with Crippen molar-refractivity contribution >= 4 is 38.5 Å². The van der Waals surface area contributed by atoms with E-state index < -0.39 is 0 Å². The van der Waals surface area contributed by atoms with Crippen LogP contribution >= 0.6 is 27.5 Å². The second-order valence-electron chi connectivity index (χ2n) is 4.49. The van der Waals surface area contributed by atoms with Gasteiger partial charge >= 0.3 is 0 Å². The van der Waals surface area contributed by atoms with Crippen LogP contribution in [0.15, 0.2) is 57.4 Å². The molecular formula is C15H12BrClN2O. The summed E-state index contributed by atoms with van der Waals surface area (Å²) in [6, 6.07) is 15.2. The third-order valence-electron chi connectivity index (χ3n) is 3.11. The molecule has 0 spiro atoms. The van der Waals surface area contributed by atoms with Crippen LogP contribution < -0.4 is 11.3 Å². The average molecular weight is 352 g/mol. The highest BCUT2D eigenvalue weighted by atomic mass is 79.9. The topological polar surface area (TPSA) is 51.2 Å². The fourth-order valence-corrected chi connectivity index (χ4v) is 3.12. The molecule has 0 fully saturated rings. The Labute approximate surface area is 129 Å². The molecule has 5 heteroatoms. The first kappa shape index (κ1) is 13.6. The van der Waals surface area contributed by atoms with E-state index in [0.717, 1.165) is 26.8 Å². The standard InChI is InChI=1S/C15H12BrClN2O/c16-11-5-10(6-12(17)8-11)15(19-18)14-7-9-3-1-2-4-13(9)20-14/h1-8,15,19H,18H2.